The van der Waals surface area contributed by atoms with Gasteiger partial charge >= 0.3 is 0 Å². The first-order valence-electron chi connectivity index (χ1n) is 4.52. The fourth-order valence-corrected chi connectivity index (χ4v) is 1.98. The molecule has 6 heteroatoms. The standard InChI is InChI=1S/C11H5Cl3FNO/c12-7-1-5(2-8(13)11(7)14)6-3-10(17)16-4-9(6)15/h1-4H,(H,16,17). The van der Waals surface area contributed by atoms with Gasteiger partial charge in [-0.05, 0) is 17.7 Å². The molecule has 0 fully saturated rings. The quantitative estimate of drug-likeness (QED) is 0.787. The second-order valence-corrected chi connectivity index (χ2v) is 4.51. The van der Waals surface area contributed by atoms with Crippen molar-refractivity contribution < 1.29 is 4.39 Å². The Morgan fingerprint density at radius 3 is 2.24 bits per heavy atom. The predicted molar refractivity (Wildman–Crippen MR) is 67.5 cm³/mol. The normalized spacial score (nSPS) is 10.6. The number of H-pyrrole nitrogens is 1. The van der Waals surface area contributed by atoms with Gasteiger partial charge in [0.15, 0.2) is 0 Å². The Morgan fingerprint density at radius 2 is 1.65 bits per heavy atom. The van der Waals surface area contributed by atoms with Crippen LogP contribution in [0.1, 0.15) is 0 Å². The van der Waals surface area contributed by atoms with E-state index in [-0.39, 0.29) is 20.6 Å². The van der Waals surface area contributed by atoms with Crippen molar-refractivity contribution in [1.82, 2.24) is 4.98 Å². The third-order valence-corrected chi connectivity index (χ3v) is 3.37. The number of pyridine rings is 1. The van der Waals surface area contributed by atoms with Crippen LogP contribution in [0, 0.1) is 5.82 Å². The van der Waals surface area contributed by atoms with E-state index in [1.807, 2.05) is 0 Å². The molecule has 0 bridgehead atoms. The van der Waals surface area contributed by atoms with Gasteiger partial charge in [-0.2, -0.15) is 0 Å². The molecule has 0 atom stereocenters. The predicted octanol–water partition coefficient (Wildman–Crippen LogP) is 4.14. The van der Waals surface area contributed by atoms with Gasteiger partial charge in [-0.1, -0.05) is 34.8 Å². The van der Waals surface area contributed by atoms with Gasteiger partial charge in [-0.3, -0.25) is 4.79 Å². The molecule has 1 aromatic heterocycles. The van der Waals surface area contributed by atoms with Crippen molar-refractivity contribution in [3.63, 3.8) is 0 Å². The highest BCUT2D eigenvalue weighted by molar-refractivity contribution is 6.48. The molecule has 0 aliphatic carbocycles. The summed E-state index contributed by atoms with van der Waals surface area (Å²) in [5.74, 6) is -0.570. The van der Waals surface area contributed by atoms with Crippen LogP contribution < -0.4 is 5.56 Å². The zero-order valence-corrected chi connectivity index (χ0v) is 10.5. The van der Waals surface area contributed by atoms with Gasteiger partial charge in [-0.25, -0.2) is 4.39 Å². The van der Waals surface area contributed by atoms with E-state index in [1.165, 1.54) is 12.1 Å². The molecule has 0 spiro atoms. The molecule has 2 nitrogen and oxygen atoms in total. The molecule has 1 aromatic carbocycles. The number of halogens is 4. The lowest BCUT2D eigenvalue weighted by atomic mass is 10.1. The smallest absolute Gasteiger partial charge is 0.248 e. The molecule has 0 amide bonds. The average molecular weight is 293 g/mol. The molecule has 88 valence electrons. The highest BCUT2D eigenvalue weighted by atomic mass is 35.5. The third-order valence-electron chi connectivity index (χ3n) is 2.17. The van der Waals surface area contributed by atoms with E-state index in [0.717, 1.165) is 12.3 Å². The van der Waals surface area contributed by atoms with E-state index in [4.69, 9.17) is 34.8 Å². The summed E-state index contributed by atoms with van der Waals surface area (Å²) in [6.07, 6.45) is 0.980. The summed E-state index contributed by atoms with van der Waals surface area (Å²) in [5.41, 5.74) is 0.103. The zero-order valence-electron chi connectivity index (χ0n) is 8.23. The SMILES string of the molecule is O=c1cc(-c2cc(Cl)c(Cl)c(Cl)c2)c(F)c[nH]1. The van der Waals surface area contributed by atoms with Crippen molar-refractivity contribution in [2.75, 3.05) is 0 Å². The topological polar surface area (TPSA) is 32.9 Å². The molecule has 0 aliphatic heterocycles. The fourth-order valence-electron chi connectivity index (χ4n) is 1.39. The maximum Gasteiger partial charge on any atom is 0.248 e. The monoisotopic (exact) mass is 291 g/mol. The first-order chi connectivity index (χ1) is 7.99. The Morgan fingerprint density at radius 1 is 1.06 bits per heavy atom. The molecule has 1 heterocycles. The number of nitrogens with one attached hydrogen (secondary N) is 1. The van der Waals surface area contributed by atoms with Gasteiger partial charge in [0.05, 0.1) is 15.1 Å². The van der Waals surface area contributed by atoms with E-state index in [9.17, 15) is 9.18 Å². The van der Waals surface area contributed by atoms with Crippen molar-refractivity contribution in [2.24, 2.45) is 0 Å². The molecule has 0 unspecified atom stereocenters. The minimum absolute atomic E-state index is 0.120. The van der Waals surface area contributed by atoms with Crippen LogP contribution in [0.5, 0.6) is 0 Å². The first kappa shape index (κ1) is 12.4. The summed E-state index contributed by atoms with van der Waals surface area (Å²) < 4.78 is 13.5. The van der Waals surface area contributed by atoms with E-state index in [2.05, 4.69) is 4.98 Å². The second kappa shape index (κ2) is 4.69. The van der Waals surface area contributed by atoms with Crippen molar-refractivity contribution in [3.8, 4) is 11.1 Å². The summed E-state index contributed by atoms with van der Waals surface area (Å²) >= 11 is 17.5. The fraction of sp³-hybridized carbons (Fsp3) is 0. The lowest BCUT2D eigenvalue weighted by Crippen LogP contribution is -2.04. The molecule has 2 rings (SSSR count). The van der Waals surface area contributed by atoms with Crippen LogP contribution in [-0.2, 0) is 0 Å². The number of aromatic amines is 1. The Labute approximate surface area is 111 Å². The molecular formula is C11H5Cl3FNO. The van der Waals surface area contributed by atoms with Gasteiger partial charge < -0.3 is 4.98 Å². The third kappa shape index (κ3) is 2.46. The Balaban J connectivity index is 2.69. The van der Waals surface area contributed by atoms with E-state index >= 15 is 0 Å². The molecule has 0 aliphatic rings. The Bertz CT molecular complexity index is 616. The number of hydrogen-bond donors (Lipinski definition) is 1. The van der Waals surface area contributed by atoms with Crippen LogP contribution in [0.2, 0.25) is 15.1 Å². The maximum atomic E-state index is 13.5. The van der Waals surface area contributed by atoms with Gasteiger partial charge in [-0.15, -0.1) is 0 Å². The van der Waals surface area contributed by atoms with Gasteiger partial charge in [0.1, 0.15) is 5.82 Å². The molecular weight excluding hydrogens is 287 g/mol. The number of benzene rings is 1. The zero-order chi connectivity index (χ0) is 12.6. The van der Waals surface area contributed by atoms with Crippen LogP contribution in [0.15, 0.2) is 29.2 Å². The van der Waals surface area contributed by atoms with Crippen LogP contribution in [0.25, 0.3) is 11.1 Å². The highest BCUT2D eigenvalue weighted by Gasteiger charge is 2.11. The minimum Gasteiger partial charge on any atom is -0.326 e. The lowest BCUT2D eigenvalue weighted by molar-refractivity contribution is 0.624. The lowest BCUT2D eigenvalue weighted by Gasteiger charge is -2.06. The van der Waals surface area contributed by atoms with Crippen molar-refractivity contribution in [3.05, 3.63) is 55.6 Å². The largest absolute Gasteiger partial charge is 0.326 e. The molecule has 2 aromatic rings. The van der Waals surface area contributed by atoms with E-state index in [1.54, 1.807) is 0 Å². The maximum absolute atomic E-state index is 13.5. The summed E-state index contributed by atoms with van der Waals surface area (Å²) in [6.45, 7) is 0. The summed E-state index contributed by atoms with van der Waals surface area (Å²) in [7, 11) is 0. The van der Waals surface area contributed by atoms with Gasteiger partial charge in [0.25, 0.3) is 0 Å². The van der Waals surface area contributed by atoms with Gasteiger partial charge in [0.2, 0.25) is 5.56 Å². The first-order valence-corrected chi connectivity index (χ1v) is 5.65. The van der Waals surface area contributed by atoms with Crippen LogP contribution in [0.3, 0.4) is 0 Å². The second-order valence-electron chi connectivity index (χ2n) is 3.31. The van der Waals surface area contributed by atoms with Gasteiger partial charge in [0, 0.05) is 17.8 Å². The summed E-state index contributed by atoms with van der Waals surface area (Å²) in [4.78, 5) is 13.4. The van der Waals surface area contributed by atoms with Crippen molar-refractivity contribution in [2.45, 2.75) is 0 Å². The number of hydrogen-bond acceptors (Lipinski definition) is 1. The molecule has 17 heavy (non-hydrogen) atoms. The average Bonchev–Trinajstić information content (AvgIpc) is 2.28. The number of rotatable bonds is 1. The molecule has 0 saturated heterocycles. The highest BCUT2D eigenvalue weighted by Crippen LogP contribution is 2.35. The molecule has 1 N–H and O–H groups in total. The summed E-state index contributed by atoms with van der Waals surface area (Å²) in [5, 5.41) is 0.602. The van der Waals surface area contributed by atoms with Crippen LogP contribution in [0.4, 0.5) is 4.39 Å². The Hall–Kier alpha value is -1.03. The minimum atomic E-state index is -0.570. The molecule has 0 radical (unpaired) electrons. The van der Waals surface area contributed by atoms with E-state index in [0.29, 0.717) is 5.56 Å². The molecule has 0 saturated carbocycles. The van der Waals surface area contributed by atoms with Crippen LogP contribution >= 0.6 is 34.8 Å². The van der Waals surface area contributed by atoms with E-state index < -0.39 is 11.4 Å². The van der Waals surface area contributed by atoms with Crippen molar-refractivity contribution >= 4 is 34.8 Å². The number of aromatic nitrogens is 1. The Kier molecular flexibility index (Phi) is 3.43. The van der Waals surface area contributed by atoms with Crippen LogP contribution in [-0.4, -0.2) is 4.98 Å². The summed E-state index contributed by atoms with van der Waals surface area (Å²) in [6, 6.07) is 4.03. The van der Waals surface area contributed by atoms with Crippen molar-refractivity contribution in [1.29, 1.82) is 0 Å².